The molecule has 0 aromatic heterocycles. The molecule has 4 rings (SSSR count). The SMILES string of the molecule is CCOc1ccccc1N1CC(C(=O)Nc2ccccc2N2CCOC2=O)CC1=O. The zero-order valence-electron chi connectivity index (χ0n) is 16.7. The first kappa shape index (κ1) is 19.8. The van der Waals surface area contributed by atoms with E-state index in [0.29, 0.717) is 42.6 Å². The van der Waals surface area contributed by atoms with E-state index in [-0.39, 0.29) is 24.8 Å². The third-order valence-electron chi connectivity index (χ3n) is 5.17. The van der Waals surface area contributed by atoms with Crippen molar-refractivity contribution in [2.45, 2.75) is 13.3 Å². The fraction of sp³-hybridized carbons (Fsp3) is 0.318. The Morgan fingerprint density at radius 3 is 2.57 bits per heavy atom. The molecule has 156 valence electrons. The van der Waals surface area contributed by atoms with Gasteiger partial charge >= 0.3 is 6.09 Å². The lowest BCUT2D eigenvalue weighted by Gasteiger charge is -2.21. The van der Waals surface area contributed by atoms with Crippen molar-refractivity contribution in [3.05, 3.63) is 48.5 Å². The number of rotatable bonds is 6. The fourth-order valence-electron chi connectivity index (χ4n) is 3.74. The maximum atomic E-state index is 12.9. The quantitative estimate of drug-likeness (QED) is 0.792. The van der Waals surface area contributed by atoms with E-state index in [2.05, 4.69) is 5.32 Å². The van der Waals surface area contributed by atoms with Crippen molar-refractivity contribution >= 4 is 35.0 Å². The van der Waals surface area contributed by atoms with Crippen LogP contribution in [0.4, 0.5) is 21.9 Å². The first-order valence-electron chi connectivity index (χ1n) is 9.95. The first-order valence-corrected chi connectivity index (χ1v) is 9.95. The van der Waals surface area contributed by atoms with Crippen LogP contribution in [0.5, 0.6) is 5.75 Å². The number of carbonyl (C=O) groups is 3. The van der Waals surface area contributed by atoms with E-state index >= 15 is 0 Å². The van der Waals surface area contributed by atoms with Crippen LogP contribution in [0, 0.1) is 5.92 Å². The lowest BCUT2D eigenvalue weighted by Crippen LogP contribution is -2.29. The highest BCUT2D eigenvalue weighted by Gasteiger charge is 2.37. The number of hydrogen-bond donors (Lipinski definition) is 1. The van der Waals surface area contributed by atoms with Crippen molar-refractivity contribution in [3.63, 3.8) is 0 Å². The van der Waals surface area contributed by atoms with Gasteiger partial charge < -0.3 is 19.7 Å². The Hall–Kier alpha value is -3.55. The van der Waals surface area contributed by atoms with Gasteiger partial charge in [-0.15, -0.1) is 0 Å². The topological polar surface area (TPSA) is 88.2 Å². The van der Waals surface area contributed by atoms with Crippen molar-refractivity contribution in [1.29, 1.82) is 0 Å². The van der Waals surface area contributed by atoms with Crippen molar-refractivity contribution in [3.8, 4) is 5.75 Å². The molecule has 0 bridgehead atoms. The number of carbonyl (C=O) groups excluding carboxylic acids is 3. The smallest absolute Gasteiger partial charge is 0.414 e. The number of ether oxygens (including phenoxy) is 2. The van der Waals surface area contributed by atoms with Crippen molar-refractivity contribution in [2.24, 2.45) is 5.92 Å². The summed E-state index contributed by atoms with van der Waals surface area (Å²) in [4.78, 5) is 40.6. The highest BCUT2D eigenvalue weighted by Crippen LogP contribution is 2.34. The number of cyclic esters (lactones) is 1. The summed E-state index contributed by atoms with van der Waals surface area (Å²) in [7, 11) is 0. The number of para-hydroxylation sites is 4. The molecule has 2 aliphatic heterocycles. The molecule has 2 aliphatic rings. The average Bonchev–Trinajstić information content (AvgIpc) is 3.35. The van der Waals surface area contributed by atoms with Crippen LogP contribution in [0.1, 0.15) is 13.3 Å². The summed E-state index contributed by atoms with van der Waals surface area (Å²) < 4.78 is 10.6. The van der Waals surface area contributed by atoms with E-state index < -0.39 is 12.0 Å². The minimum absolute atomic E-state index is 0.111. The Bertz CT molecular complexity index is 977. The Morgan fingerprint density at radius 1 is 1.10 bits per heavy atom. The molecule has 1 unspecified atom stereocenters. The lowest BCUT2D eigenvalue weighted by molar-refractivity contribution is -0.122. The molecule has 0 aliphatic carbocycles. The van der Waals surface area contributed by atoms with Crippen molar-refractivity contribution in [1.82, 2.24) is 0 Å². The van der Waals surface area contributed by atoms with Crippen LogP contribution in [0.3, 0.4) is 0 Å². The Morgan fingerprint density at radius 2 is 1.83 bits per heavy atom. The minimum Gasteiger partial charge on any atom is -0.492 e. The fourth-order valence-corrected chi connectivity index (χ4v) is 3.74. The molecule has 1 N–H and O–H groups in total. The Balaban J connectivity index is 1.50. The van der Waals surface area contributed by atoms with Gasteiger partial charge in [-0.2, -0.15) is 0 Å². The van der Waals surface area contributed by atoms with Gasteiger partial charge in [-0.3, -0.25) is 14.5 Å². The molecule has 8 heteroatoms. The Labute approximate surface area is 174 Å². The van der Waals surface area contributed by atoms with Gasteiger partial charge in [0.15, 0.2) is 0 Å². The van der Waals surface area contributed by atoms with Gasteiger partial charge in [-0.05, 0) is 31.2 Å². The van der Waals surface area contributed by atoms with Crippen LogP contribution in [-0.4, -0.2) is 44.2 Å². The molecule has 0 radical (unpaired) electrons. The summed E-state index contributed by atoms with van der Waals surface area (Å²) >= 11 is 0. The van der Waals surface area contributed by atoms with Gasteiger partial charge in [0.2, 0.25) is 11.8 Å². The molecule has 2 aromatic rings. The second-order valence-corrected chi connectivity index (χ2v) is 7.08. The number of anilines is 3. The van der Waals surface area contributed by atoms with Crippen LogP contribution < -0.4 is 19.9 Å². The molecular formula is C22H23N3O5. The Kier molecular flexibility index (Phi) is 5.56. The van der Waals surface area contributed by atoms with Gasteiger partial charge in [0.1, 0.15) is 12.4 Å². The zero-order valence-corrected chi connectivity index (χ0v) is 16.7. The highest BCUT2D eigenvalue weighted by atomic mass is 16.6. The lowest BCUT2D eigenvalue weighted by atomic mass is 10.1. The number of nitrogens with one attached hydrogen (secondary N) is 1. The maximum Gasteiger partial charge on any atom is 0.414 e. The zero-order chi connectivity index (χ0) is 21.1. The van der Waals surface area contributed by atoms with E-state index in [1.54, 1.807) is 29.2 Å². The van der Waals surface area contributed by atoms with Crippen LogP contribution in [-0.2, 0) is 14.3 Å². The van der Waals surface area contributed by atoms with E-state index in [9.17, 15) is 14.4 Å². The number of benzene rings is 2. The summed E-state index contributed by atoms with van der Waals surface area (Å²) in [5.74, 6) is -0.281. The van der Waals surface area contributed by atoms with Gasteiger partial charge in [0.25, 0.3) is 0 Å². The highest BCUT2D eigenvalue weighted by molar-refractivity contribution is 6.06. The maximum absolute atomic E-state index is 12.9. The largest absolute Gasteiger partial charge is 0.492 e. The van der Waals surface area contributed by atoms with Gasteiger partial charge in [0, 0.05) is 13.0 Å². The molecule has 2 heterocycles. The van der Waals surface area contributed by atoms with Crippen LogP contribution in [0.25, 0.3) is 0 Å². The molecule has 2 aromatic carbocycles. The van der Waals surface area contributed by atoms with E-state index in [1.165, 1.54) is 4.90 Å². The van der Waals surface area contributed by atoms with Gasteiger partial charge in [-0.1, -0.05) is 24.3 Å². The summed E-state index contributed by atoms with van der Waals surface area (Å²) in [5, 5.41) is 2.88. The van der Waals surface area contributed by atoms with Crippen LogP contribution >= 0.6 is 0 Å². The number of nitrogens with zero attached hydrogens (tertiary/aromatic N) is 2. The summed E-state index contributed by atoms with van der Waals surface area (Å²) in [6.07, 6.45) is -0.327. The van der Waals surface area contributed by atoms with Gasteiger partial charge in [-0.25, -0.2) is 4.79 Å². The third-order valence-corrected chi connectivity index (χ3v) is 5.17. The molecule has 8 nitrogen and oxygen atoms in total. The monoisotopic (exact) mass is 409 g/mol. The molecule has 0 spiro atoms. The predicted octanol–water partition coefficient (Wildman–Crippen LogP) is 3.03. The predicted molar refractivity (Wildman–Crippen MR) is 112 cm³/mol. The van der Waals surface area contributed by atoms with Crippen LogP contribution in [0.2, 0.25) is 0 Å². The summed E-state index contributed by atoms with van der Waals surface area (Å²) in [5.41, 5.74) is 1.76. The normalized spacial score (nSPS) is 18.5. The minimum atomic E-state index is -0.509. The van der Waals surface area contributed by atoms with E-state index in [4.69, 9.17) is 9.47 Å². The molecular weight excluding hydrogens is 386 g/mol. The molecule has 30 heavy (non-hydrogen) atoms. The molecule has 3 amide bonds. The third kappa shape index (κ3) is 3.80. The second kappa shape index (κ2) is 8.44. The van der Waals surface area contributed by atoms with Crippen LogP contribution in [0.15, 0.2) is 48.5 Å². The summed E-state index contributed by atoms with van der Waals surface area (Å²) in [6.45, 7) is 3.37. The number of amides is 3. The molecule has 2 fully saturated rings. The standard InChI is InChI=1S/C22H23N3O5/c1-2-29-19-10-6-5-9-18(19)25-14-15(13-20(25)26)21(27)23-16-7-3-4-8-17(16)24-11-12-30-22(24)28/h3-10,15H,2,11-14H2,1H3,(H,23,27). The summed E-state index contributed by atoms with van der Waals surface area (Å²) in [6, 6.07) is 14.4. The molecule has 2 saturated heterocycles. The van der Waals surface area contributed by atoms with E-state index in [0.717, 1.165) is 0 Å². The number of hydrogen-bond acceptors (Lipinski definition) is 5. The second-order valence-electron chi connectivity index (χ2n) is 7.08. The van der Waals surface area contributed by atoms with Crippen molar-refractivity contribution < 1.29 is 23.9 Å². The van der Waals surface area contributed by atoms with Crippen molar-refractivity contribution in [2.75, 3.05) is 41.4 Å². The average molecular weight is 409 g/mol. The van der Waals surface area contributed by atoms with Gasteiger partial charge in [0.05, 0.1) is 36.1 Å². The molecule has 0 saturated carbocycles. The molecule has 1 atom stereocenters. The van der Waals surface area contributed by atoms with E-state index in [1.807, 2.05) is 31.2 Å². The first-order chi connectivity index (χ1) is 14.6.